The number of hydrogen-bond donors (Lipinski definition) is 2. The molecule has 0 aromatic heterocycles. The van der Waals surface area contributed by atoms with Crippen molar-refractivity contribution in [2.75, 3.05) is 13.2 Å². The summed E-state index contributed by atoms with van der Waals surface area (Å²) in [6.07, 6.45) is 0.719. The molecule has 0 aliphatic heterocycles. The van der Waals surface area contributed by atoms with Gasteiger partial charge >= 0.3 is 0 Å². The van der Waals surface area contributed by atoms with Crippen molar-refractivity contribution in [1.82, 2.24) is 10.0 Å². The van der Waals surface area contributed by atoms with Gasteiger partial charge in [-0.1, -0.05) is 37.3 Å². The molecule has 7 heteroatoms. The summed E-state index contributed by atoms with van der Waals surface area (Å²) in [5, 5.41) is 2.86. The summed E-state index contributed by atoms with van der Waals surface area (Å²) < 4.78 is 31.9. The fraction of sp³-hybridized carbons (Fsp3) is 0.316. The van der Waals surface area contributed by atoms with Gasteiger partial charge in [0.25, 0.3) is 5.91 Å². The minimum Gasteiger partial charge on any atom is -0.484 e. The summed E-state index contributed by atoms with van der Waals surface area (Å²) >= 11 is 0. The lowest BCUT2D eigenvalue weighted by molar-refractivity contribution is -0.123. The van der Waals surface area contributed by atoms with Gasteiger partial charge in [0.15, 0.2) is 6.61 Å². The molecule has 0 saturated carbocycles. The van der Waals surface area contributed by atoms with E-state index in [-0.39, 0.29) is 23.5 Å². The zero-order chi connectivity index (χ0) is 19.0. The van der Waals surface area contributed by atoms with E-state index in [9.17, 15) is 13.2 Å². The van der Waals surface area contributed by atoms with Crippen molar-refractivity contribution in [2.24, 2.45) is 0 Å². The molecule has 2 aromatic rings. The summed E-state index contributed by atoms with van der Waals surface area (Å²) in [7, 11) is -3.50. The Kier molecular flexibility index (Phi) is 7.17. The van der Waals surface area contributed by atoms with Gasteiger partial charge in [0, 0.05) is 6.54 Å². The van der Waals surface area contributed by atoms with Gasteiger partial charge in [0.2, 0.25) is 10.0 Å². The highest BCUT2D eigenvalue weighted by molar-refractivity contribution is 7.89. The van der Waals surface area contributed by atoms with Crippen LogP contribution in [0.1, 0.15) is 31.9 Å². The highest BCUT2D eigenvalue weighted by Gasteiger charge is 2.13. The molecule has 26 heavy (non-hydrogen) atoms. The Balaban J connectivity index is 1.86. The maximum absolute atomic E-state index is 12.0. The van der Waals surface area contributed by atoms with E-state index in [2.05, 4.69) is 10.0 Å². The van der Waals surface area contributed by atoms with Gasteiger partial charge in [-0.15, -0.1) is 0 Å². The minimum absolute atomic E-state index is 0.121. The van der Waals surface area contributed by atoms with Gasteiger partial charge in [-0.05, 0) is 43.2 Å². The number of nitrogens with one attached hydrogen (secondary N) is 2. The molecule has 140 valence electrons. The molecule has 0 aliphatic carbocycles. The second-order valence-electron chi connectivity index (χ2n) is 5.86. The van der Waals surface area contributed by atoms with Gasteiger partial charge in [-0.3, -0.25) is 4.79 Å². The Morgan fingerprint density at radius 3 is 2.35 bits per heavy atom. The zero-order valence-electron chi connectivity index (χ0n) is 14.9. The van der Waals surface area contributed by atoms with Crippen molar-refractivity contribution in [3.8, 4) is 5.75 Å². The van der Waals surface area contributed by atoms with Gasteiger partial charge < -0.3 is 10.1 Å². The third-order valence-corrected chi connectivity index (χ3v) is 5.20. The monoisotopic (exact) mass is 376 g/mol. The van der Waals surface area contributed by atoms with Gasteiger partial charge in [-0.25, -0.2) is 13.1 Å². The number of carbonyl (C=O) groups excluding carboxylic acids is 1. The molecular weight excluding hydrogens is 352 g/mol. The molecule has 6 nitrogen and oxygen atoms in total. The van der Waals surface area contributed by atoms with E-state index in [4.69, 9.17) is 4.74 Å². The average Bonchev–Trinajstić information content (AvgIpc) is 2.66. The number of benzene rings is 2. The van der Waals surface area contributed by atoms with E-state index in [1.54, 1.807) is 0 Å². The number of sulfonamides is 1. The van der Waals surface area contributed by atoms with Gasteiger partial charge in [0.05, 0.1) is 10.9 Å². The van der Waals surface area contributed by atoms with Crippen LogP contribution < -0.4 is 14.8 Å². The number of rotatable bonds is 9. The molecule has 0 heterocycles. The average molecular weight is 376 g/mol. The SMILES string of the molecule is CCCNS(=O)(=O)c1ccc(OCC(=O)N[C@H](C)c2ccccc2)cc1. The van der Waals surface area contributed by atoms with Crippen molar-refractivity contribution in [3.63, 3.8) is 0 Å². The molecule has 0 unspecified atom stereocenters. The number of amides is 1. The fourth-order valence-corrected chi connectivity index (χ4v) is 3.43. The molecule has 2 N–H and O–H groups in total. The number of hydrogen-bond acceptors (Lipinski definition) is 4. The zero-order valence-corrected chi connectivity index (χ0v) is 15.8. The summed E-state index contributed by atoms with van der Waals surface area (Å²) in [5.41, 5.74) is 1.01. The van der Waals surface area contributed by atoms with E-state index in [1.165, 1.54) is 24.3 Å². The predicted molar refractivity (Wildman–Crippen MR) is 100 cm³/mol. The van der Waals surface area contributed by atoms with Gasteiger partial charge in [-0.2, -0.15) is 0 Å². The molecule has 0 bridgehead atoms. The Labute approximate surface area is 154 Å². The van der Waals surface area contributed by atoms with Crippen LogP contribution in [0.25, 0.3) is 0 Å². The Hall–Kier alpha value is -2.38. The first-order chi connectivity index (χ1) is 12.4. The maximum Gasteiger partial charge on any atom is 0.258 e. The molecule has 0 saturated heterocycles. The molecule has 2 rings (SSSR count). The number of carbonyl (C=O) groups is 1. The van der Waals surface area contributed by atoms with Crippen LogP contribution in [0.3, 0.4) is 0 Å². The quantitative estimate of drug-likeness (QED) is 0.705. The topological polar surface area (TPSA) is 84.5 Å². The van der Waals surface area contributed by atoms with Crippen LogP contribution >= 0.6 is 0 Å². The van der Waals surface area contributed by atoms with Crippen molar-refractivity contribution in [1.29, 1.82) is 0 Å². The van der Waals surface area contributed by atoms with Crippen LogP contribution in [0.4, 0.5) is 0 Å². The molecule has 1 atom stereocenters. The third-order valence-electron chi connectivity index (χ3n) is 3.72. The number of ether oxygens (including phenoxy) is 1. The van der Waals surface area contributed by atoms with E-state index in [1.807, 2.05) is 44.2 Å². The van der Waals surface area contributed by atoms with Crippen LogP contribution in [0.5, 0.6) is 5.75 Å². The van der Waals surface area contributed by atoms with Crippen LogP contribution in [-0.2, 0) is 14.8 Å². The highest BCUT2D eigenvalue weighted by atomic mass is 32.2. The second-order valence-corrected chi connectivity index (χ2v) is 7.62. The summed E-state index contributed by atoms with van der Waals surface area (Å²) in [6.45, 7) is 4.04. The highest BCUT2D eigenvalue weighted by Crippen LogP contribution is 2.16. The first kappa shape index (κ1) is 19.9. The van der Waals surface area contributed by atoms with Crippen LogP contribution in [0.15, 0.2) is 59.5 Å². The Morgan fingerprint density at radius 1 is 1.08 bits per heavy atom. The summed E-state index contributed by atoms with van der Waals surface area (Å²) in [4.78, 5) is 12.2. The van der Waals surface area contributed by atoms with Crippen molar-refractivity contribution in [3.05, 3.63) is 60.2 Å². The maximum atomic E-state index is 12.0. The first-order valence-electron chi connectivity index (χ1n) is 8.49. The van der Waals surface area contributed by atoms with Crippen LogP contribution in [0, 0.1) is 0 Å². The largest absolute Gasteiger partial charge is 0.484 e. The van der Waals surface area contributed by atoms with Crippen molar-refractivity contribution in [2.45, 2.75) is 31.2 Å². The molecule has 0 fully saturated rings. The lowest BCUT2D eigenvalue weighted by Gasteiger charge is -2.14. The summed E-state index contributed by atoms with van der Waals surface area (Å²) in [5.74, 6) is 0.185. The molecule has 2 aromatic carbocycles. The van der Waals surface area contributed by atoms with E-state index < -0.39 is 10.0 Å². The fourth-order valence-electron chi connectivity index (χ4n) is 2.29. The predicted octanol–water partition coefficient (Wildman–Crippen LogP) is 2.63. The molecule has 0 spiro atoms. The standard InChI is InChI=1S/C19H24N2O4S/c1-3-13-20-26(23,24)18-11-9-17(10-12-18)25-14-19(22)21-15(2)16-7-5-4-6-8-16/h4-12,15,20H,3,13-14H2,1-2H3,(H,21,22)/t15-/m1/s1. The third kappa shape index (κ3) is 5.86. The van der Waals surface area contributed by atoms with Crippen molar-refractivity contribution >= 4 is 15.9 Å². The van der Waals surface area contributed by atoms with E-state index >= 15 is 0 Å². The van der Waals surface area contributed by atoms with Crippen LogP contribution in [0.2, 0.25) is 0 Å². The lowest BCUT2D eigenvalue weighted by atomic mass is 10.1. The van der Waals surface area contributed by atoms with Crippen LogP contribution in [-0.4, -0.2) is 27.5 Å². The second kappa shape index (κ2) is 9.35. The lowest BCUT2D eigenvalue weighted by Crippen LogP contribution is -2.31. The normalized spacial score (nSPS) is 12.4. The smallest absolute Gasteiger partial charge is 0.258 e. The molecular formula is C19H24N2O4S. The Bertz CT molecular complexity index is 805. The molecule has 1 amide bonds. The van der Waals surface area contributed by atoms with E-state index in [0.29, 0.717) is 12.3 Å². The first-order valence-corrected chi connectivity index (χ1v) is 9.97. The minimum atomic E-state index is -3.50. The molecule has 0 radical (unpaired) electrons. The van der Waals surface area contributed by atoms with Crippen molar-refractivity contribution < 1.29 is 17.9 Å². The van der Waals surface area contributed by atoms with E-state index in [0.717, 1.165) is 12.0 Å². The molecule has 0 aliphatic rings. The Morgan fingerprint density at radius 2 is 1.73 bits per heavy atom. The summed E-state index contributed by atoms with van der Waals surface area (Å²) in [6, 6.07) is 15.5. The van der Waals surface area contributed by atoms with Gasteiger partial charge in [0.1, 0.15) is 5.75 Å².